The van der Waals surface area contributed by atoms with Crippen LogP contribution in [0.4, 0.5) is 0 Å². The van der Waals surface area contributed by atoms with Crippen LogP contribution in [0.15, 0.2) is 52.7 Å². The lowest BCUT2D eigenvalue weighted by Gasteiger charge is -2.35. The molecule has 0 radical (unpaired) electrons. The van der Waals surface area contributed by atoms with Crippen LogP contribution in [0.2, 0.25) is 0 Å². The zero-order valence-electron chi connectivity index (χ0n) is 21.4. The number of fused-ring (bicyclic) bond motifs is 1. The van der Waals surface area contributed by atoms with E-state index in [0.29, 0.717) is 35.4 Å². The van der Waals surface area contributed by atoms with Gasteiger partial charge >= 0.3 is 11.9 Å². The summed E-state index contributed by atoms with van der Waals surface area (Å²) in [5.74, 6) is -2.07. The molecule has 36 heavy (non-hydrogen) atoms. The molecule has 1 aliphatic carbocycles. The summed E-state index contributed by atoms with van der Waals surface area (Å²) in [5.41, 5.74) is -0.147. The summed E-state index contributed by atoms with van der Waals surface area (Å²) < 4.78 is 10.2. The molecule has 0 spiro atoms. The molecule has 194 valence electrons. The molecule has 8 nitrogen and oxygen atoms in total. The van der Waals surface area contributed by atoms with Gasteiger partial charge in [-0.05, 0) is 75.0 Å². The highest BCUT2D eigenvalue weighted by Gasteiger charge is 2.49. The molecule has 0 saturated carbocycles. The van der Waals surface area contributed by atoms with Crippen molar-refractivity contribution < 1.29 is 28.7 Å². The standard InChI is InChI=1S/C27H34N2O6S/c1-5-28(6-2)13-9-14-29-18-21-19(16-20(29)10-7-12-24(31)34-4)17-23(30)27(3,25(21)32)35-26(33)22-11-8-15-36-22/h8,11,15-18H,5-7,9-10,12-14H2,1-4H3. The maximum absolute atomic E-state index is 13.5. The topological polar surface area (TPSA) is 93.2 Å². The van der Waals surface area contributed by atoms with Crippen LogP contribution < -0.4 is 0 Å². The van der Waals surface area contributed by atoms with Gasteiger partial charge in [0.25, 0.3) is 0 Å². The molecule has 1 atom stereocenters. The van der Waals surface area contributed by atoms with Crippen LogP contribution in [0.5, 0.6) is 0 Å². The quantitative estimate of drug-likeness (QED) is 0.306. The highest BCUT2D eigenvalue weighted by atomic mass is 32.1. The fraction of sp³-hybridized carbons (Fsp3) is 0.481. The first kappa shape index (κ1) is 27.5. The predicted octanol–water partition coefficient (Wildman–Crippen LogP) is 3.90. The van der Waals surface area contributed by atoms with E-state index < -0.39 is 23.1 Å². The normalized spacial score (nSPS) is 19.5. The SMILES string of the molecule is CCN(CC)CCCN1C=C2C(=O)C(C)(OC(=O)c3cccs3)C(=O)C=C2C=C1CCCC(=O)OC. The first-order valence-corrected chi connectivity index (χ1v) is 13.2. The molecule has 0 aromatic carbocycles. The molecule has 0 saturated heterocycles. The Morgan fingerprint density at radius 1 is 1.14 bits per heavy atom. The van der Waals surface area contributed by atoms with Crippen LogP contribution in [0.3, 0.4) is 0 Å². The van der Waals surface area contributed by atoms with Gasteiger partial charge in [0, 0.05) is 30.4 Å². The summed E-state index contributed by atoms with van der Waals surface area (Å²) in [5, 5.41) is 1.73. The van der Waals surface area contributed by atoms with Gasteiger partial charge in [0.05, 0.1) is 7.11 Å². The lowest BCUT2D eigenvalue weighted by molar-refractivity contribution is -0.145. The Bertz CT molecular complexity index is 1080. The van der Waals surface area contributed by atoms with Crippen molar-refractivity contribution in [3.05, 3.63) is 57.6 Å². The van der Waals surface area contributed by atoms with Gasteiger partial charge in [0.2, 0.25) is 17.2 Å². The monoisotopic (exact) mass is 514 g/mol. The number of carbonyl (C=O) groups excluding carboxylic acids is 4. The first-order valence-electron chi connectivity index (χ1n) is 12.3. The fourth-order valence-corrected chi connectivity index (χ4v) is 4.88. The highest BCUT2D eigenvalue weighted by Crippen LogP contribution is 2.36. The molecule has 0 N–H and O–H groups in total. The number of hydrogen-bond donors (Lipinski definition) is 0. The number of esters is 2. The zero-order chi connectivity index (χ0) is 26.3. The zero-order valence-corrected chi connectivity index (χ0v) is 22.2. The third kappa shape index (κ3) is 6.20. The lowest BCUT2D eigenvalue weighted by atomic mass is 9.79. The smallest absolute Gasteiger partial charge is 0.349 e. The minimum atomic E-state index is -1.92. The van der Waals surface area contributed by atoms with Crippen molar-refractivity contribution in [1.29, 1.82) is 0 Å². The molecule has 0 fully saturated rings. The fourth-order valence-electron chi connectivity index (χ4n) is 4.28. The summed E-state index contributed by atoms with van der Waals surface area (Å²) in [4.78, 5) is 55.4. The van der Waals surface area contributed by atoms with Crippen molar-refractivity contribution in [2.45, 2.75) is 52.1 Å². The Balaban J connectivity index is 1.85. The molecule has 1 aromatic rings. The van der Waals surface area contributed by atoms with E-state index in [0.717, 1.165) is 31.8 Å². The number of hydrogen-bond acceptors (Lipinski definition) is 9. The molecule has 0 bridgehead atoms. The van der Waals surface area contributed by atoms with E-state index in [1.54, 1.807) is 23.7 Å². The Morgan fingerprint density at radius 3 is 2.53 bits per heavy atom. The van der Waals surface area contributed by atoms with Crippen molar-refractivity contribution in [3.63, 3.8) is 0 Å². The van der Waals surface area contributed by atoms with Crippen LogP contribution in [0.25, 0.3) is 0 Å². The Hall–Kier alpha value is -3.04. The van der Waals surface area contributed by atoms with Crippen LogP contribution >= 0.6 is 11.3 Å². The minimum Gasteiger partial charge on any atom is -0.469 e. The van der Waals surface area contributed by atoms with E-state index in [4.69, 9.17) is 9.47 Å². The van der Waals surface area contributed by atoms with E-state index in [1.165, 1.54) is 31.4 Å². The van der Waals surface area contributed by atoms with Gasteiger partial charge in [-0.1, -0.05) is 19.9 Å². The number of thiophene rings is 1. The molecular weight excluding hydrogens is 480 g/mol. The molecule has 2 aliphatic rings. The molecule has 9 heteroatoms. The van der Waals surface area contributed by atoms with Gasteiger partial charge < -0.3 is 19.3 Å². The van der Waals surface area contributed by atoms with Gasteiger partial charge in [0.15, 0.2) is 0 Å². The second kappa shape index (κ2) is 12.3. The summed E-state index contributed by atoms with van der Waals surface area (Å²) in [6, 6.07) is 3.30. The minimum absolute atomic E-state index is 0.277. The Kier molecular flexibility index (Phi) is 9.39. The molecule has 2 heterocycles. The van der Waals surface area contributed by atoms with E-state index in [2.05, 4.69) is 18.7 Å². The second-order valence-corrected chi connectivity index (χ2v) is 9.82. The van der Waals surface area contributed by atoms with Gasteiger partial charge in [-0.2, -0.15) is 0 Å². The van der Waals surface area contributed by atoms with Gasteiger partial charge in [-0.15, -0.1) is 11.3 Å². The van der Waals surface area contributed by atoms with Crippen molar-refractivity contribution in [2.24, 2.45) is 0 Å². The van der Waals surface area contributed by atoms with Crippen molar-refractivity contribution >= 4 is 34.8 Å². The van der Waals surface area contributed by atoms with Crippen LogP contribution in [-0.4, -0.2) is 72.2 Å². The second-order valence-electron chi connectivity index (χ2n) is 8.88. The molecular formula is C27H34N2O6S. The number of ketones is 2. The van der Waals surface area contributed by atoms with E-state index >= 15 is 0 Å². The molecule has 1 aromatic heterocycles. The summed E-state index contributed by atoms with van der Waals surface area (Å²) >= 11 is 1.19. The Labute approximate surface area is 216 Å². The van der Waals surface area contributed by atoms with Crippen molar-refractivity contribution in [3.8, 4) is 0 Å². The maximum Gasteiger partial charge on any atom is 0.349 e. The maximum atomic E-state index is 13.5. The number of allylic oxidation sites excluding steroid dienone is 3. The summed E-state index contributed by atoms with van der Waals surface area (Å²) in [6.07, 6.45) is 7.30. The molecule has 0 amide bonds. The average molecular weight is 515 g/mol. The molecule has 3 rings (SSSR count). The number of methoxy groups -OCH3 is 1. The van der Waals surface area contributed by atoms with E-state index in [-0.39, 0.29) is 12.4 Å². The number of nitrogens with zero attached hydrogens (tertiary/aromatic N) is 2. The lowest BCUT2D eigenvalue weighted by Crippen LogP contribution is -2.51. The Morgan fingerprint density at radius 2 is 1.89 bits per heavy atom. The molecule has 1 aliphatic heterocycles. The first-order chi connectivity index (χ1) is 17.2. The number of Topliss-reactive ketones (excluding diaryl/α,β-unsaturated/α-hetero) is 1. The third-order valence-electron chi connectivity index (χ3n) is 6.55. The number of ether oxygens (including phenoxy) is 2. The van der Waals surface area contributed by atoms with Crippen LogP contribution in [-0.2, 0) is 23.9 Å². The van der Waals surface area contributed by atoms with Crippen molar-refractivity contribution in [2.75, 3.05) is 33.3 Å². The average Bonchev–Trinajstić information content (AvgIpc) is 3.41. The summed E-state index contributed by atoms with van der Waals surface area (Å²) in [7, 11) is 1.36. The number of carbonyl (C=O) groups is 4. The van der Waals surface area contributed by atoms with Gasteiger partial charge in [-0.3, -0.25) is 14.4 Å². The largest absolute Gasteiger partial charge is 0.469 e. The summed E-state index contributed by atoms with van der Waals surface area (Å²) in [6.45, 7) is 9.10. The van der Waals surface area contributed by atoms with E-state index in [1.807, 2.05) is 11.0 Å². The van der Waals surface area contributed by atoms with Crippen molar-refractivity contribution in [1.82, 2.24) is 9.80 Å². The van der Waals surface area contributed by atoms with Gasteiger partial charge in [0.1, 0.15) is 4.88 Å². The van der Waals surface area contributed by atoms with Gasteiger partial charge in [-0.25, -0.2) is 4.79 Å². The van der Waals surface area contributed by atoms with Crippen LogP contribution in [0.1, 0.15) is 56.1 Å². The van der Waals surface area contributed by atoms with E-state index in [9.17, 15) is 19.2 Å². The predicted molar refractivity (Wildman–Crippen MR) is 137 cm³/mol. The third-order valence-corrected chi connectivity index (χ3v) is 7.40. The highest BCUT2D eigenvalue weighted by molar-refractivity contribution is 7.12. The van der Waals surface area contributed by atoms with Crippen LogP contribution in [0, 0.1) is 0 Å². The number of rotatable bonds is 12. The molecule has 1 unspecified atom stereocenters.